The Labute approximate surface area is 82.1 Å². The van der Waals surface area contributed by atoms with Crippen molar-refractivity contribution in [2.45, 2.75) is 25.0 Å². The van der Waals surface area contributed by atoms with Crippen LogP contribution in [0, 0.1) is 0 Å². The van der Waals surface area contributed by atoms with Crippen molar-refractivity contribution in [3.63, 3.8) is 0 Å². The maximum Gasteiger partial charge on any atom is 0.352 e. The van der Waals surface area contributed by atoms with Crippen LogP contribution in [0.15, 0.2) is 18.3 Å². The van der Waals surface area contributed by atoms with E-state index in [1.54, 1.807) is 19.2 Å². The fourth-order valence-electron chi connectivity index (χ4n) is 1.85. The van der Waals surface area contributed by atoms with Gasteiger partial charge in [-0.25, -0.2) is 4.79 Å². The van der Waals surface area contributed by atoms with Gasteiger partial charge in [0.1, 0.15) is 5.69 Å². The third-order valence-corrected chi connectivity index (χ3v) is 2.79. The standard InChI is InChI=1S/C10H13NO3/c1-14-8-5-7(6-8)11-4-2-3-9(11)10(12)13/h2-4,7-8H,5-6H2,1H3,(H,12,13). The second-order valence-corrected chi connectivity index (χ2v) is 3.59. The first kappa shape index (κ1) is 9.27. The summed E-state index contributed by atoms with van der Waals surface area (Å²) in [4.78, 5) is 10.8. The maximum absolute atomic E-state index is 10.8. The van der Waals surface area contributed by atoms with E-state index >= 15 is 0 Å². The van der Waals surface area contributed by atoms with Gasteiger partial charge in [-0.05, 0) is 25.0 Å². The van der Waals surface area contributed by atoms with Crippen LogP contribution in [0.4, 0.5) is 0 Å². The summed E-state index contributed by atoms with van der Waals surface area (Å²) in [5.74, 6) is -0.865. The van der Waals surface area contributed by atoms with Crippen LogP contribution in [0.5, 0.6) is 0 Å². The molecular formula is C10H13NO3. The average molecular weight is 195 g/mol. The molecule has 0 aromatic carbocycles. The summed E-state index contributed by atoms with van der Waals surface area (Å²) in [5.41, 5.74) is 0.365. The highest BCUT2D eigenvalue weighted by atomic mass is 16.5. The van der Waals surface area contributed by atoms with Gasteiger partial charge < -0.3 is 14.4 Å². The molecule has 76 valence electrons. The molecule has 0 spiro atoms. The topological polar surface area (TPSA) is 51.5 Å². The summed E-state index contributed by atoms with van der Waals surface area (Å²) >= 11 is 0. The van der Waals surface area contributed by atoms with Gasteiger partial charge in [0.05, 0.1) is 6.10 Å². The van der Waals surface area contributed by atoms with Crippen LogP contribution in [-0.2, 0) is 4.74 Å². The Bertz CT molecular complexity index is 339. The Morgan fingerprint density at radius 3 is 2.93 bits per heavy atom. The van der Waals surface area contributed by atoms with E-state index in [-0.39, 0.29) is 0 Å². The first-order chi connectivity index (χ1) is 6.72. The molecule has 4 heteroatoms. The molecule has 1 fully saturated rings. The minimum absolute atomic E-state index is 0.293. The lowest BCUT2D eigenvalue weighted by Gasteiger charge is -2.35. The number of aromatic nitrogens is 1. The van der Waals surface area contributed by atoms with E-state index in [9.17, 15) is 4.79 Å². The Kier molecular flexibility index (Phi) is 2.29. The molecule has 4 nitrogen and oxygen atoms in total. The highest BCUT2D eigenvalue weighted by molar-refractivity contribution is 5.85. The second kappa shape index (κ2) is 3.46. The molecule has 2 rings (SSSR count). The van der Waals surface area contributed by atoms with Gasteiger partial charge in [-0.3, -0.25) is 0 Å². The molecule has 1 aromatic rings. The van der Waals surface area contributed by atoms with Gasteiger partial charge in [-0.1, -0.05) is 0 Å². The van der Waals surface area contributed by atoms with E-state index in [2.05, 4.69) is 0 Å². The number of carboxylic acids is 1. The Morgan fingerprint density at radius 1 is 1.64 bits per heavy atom. The first-order valence-corrected chi connectivity index (χ1v) is 4.65. The smallest absolute Gasteiger partial charge is 0.352 e. The van der Waals surface area contributed by atoms with E-state index < -0.39 is 5.97 Å². The number of aromatic carboxylic acids is 1. The van der Waals surface area contributed by atoms with Crippen LogP contribution < -0.4 is 0 Å². The fraction of sp³-hybridized carbons (Fsp3) is 0.500. The van der Waals surface area contributed by atoms with Gasteiger partial charge >= 0.3 is 5.97 Å². The van der Waals surface area contributed by atoms with Gasteiger partial charge in [0, 0.05) is 19.3 Å². The number of hydrogen-bond acceptors (Lipinski definition) is 2. The summed E-state index contributed by atoms with van der Waals surface area (Å²) in [6, 6.07) is 3.69. The molecule has 1 aliphatic rings. The molecule has 1 heterocycles. The van der Waals surface area contributed by atoms with E-state index in [1.165, 1.54) is 0 Å². The zero-order valence-electron chi connectivity index (χ0n) is 8.01. The van der Waals surface area contributed by atoms with E-state index in [1.807, 2.05) is 10.8 Å². The highest BCUT2D eigenvalue weighted by Gasteiger charge is 2.31. The van der Waals surface area contributed by atoms with Gasteiger partial charge in [0.2, 0.25) is 0 Å². The maximum atomic E-state index is 10.8. The van der Waals surface area contributed by atoms with Crippen LogP contribution in [0.2, 0.25) is 0 Å². The van der Waals surface area contributed by atoms with Crippen molar-refractivity contribution in [1.29, 1.82) is 0 Å². The average Bonchev–Trinajstić information content (AvgIpc) is 2.50. The number of nitrogens with zero attached hydrogens (tertiary/aromatic N) is 1. The zero-order valence-corrected chi connectivity index (χ0v) is 8.01. The number of methoxy groups -OCH3 is 1. The molecule has 1 saturated carbocycles. The predicted molar refractivity (Wildman–Crippen MR) is 50.5 cm³/mol. The van der Waals surface area contributed by atoms with Crippen molar-refractivity contribution in [3.8, 4) is 0 Å². The molecule has 0 radical (unpaired) electrons. The minimum Gasteiger partial charge on any atom is -0.477 e. The molecule has 0 unspecified atom stereocenters. The van der Waals surface area contributed by atoms with Crippen LogP contribution in [0.25, 0.3) is 0 Å². The van der Waals surface area contributed by atoms with Crippen molar-refractivity contribution in [2.75, 3.05) is 7.11 Å². The monoisotopic (exact) mass is 195 g/mol. The predicted octanol–water partition coefficient (Wildman–Crippen LogP) is 1.54. The van der Waals surface area contributed by atoms with Crippen LogP contribution in [-0.4, -0.2) is 28.9 Å². The lowest BCUT2D eigenvalue weighted by Crippen LogP contribution is -2.33. The molecule has 0 bridgehead atoms. The van der Waals surface area contributed by atoms with Gasteiger partial charge in [-0.2, -0.15) is 0 Å². The third kappa shape index (κ3) is 1.42. The highest BCUT2D eigenvalue weighted by Crippen LogP contribution is 2.35. The number of carbonyl (C=O) groups is 1. The second-order valence-electron chi connectivity index (χ2n) is 3.59. The summed E-state index contributed by atoms with van der Waals surface area (Å²) in [6.07, 6.45) is 3.93. The minimum atomic E-state index is -0.865. The van der Waals surface area contributed by atoms with E-state index in [0.717, 1.165) is 12.8 Å². The fourth-order valence-corrected chi connectivity index (χ4v) is 1.85. The van der Waals surface area contributed by atoms with Crippen LogP contribution in [0.3, 0.4) is 0 Å². The van der Waals surface area contributed by atoms with E-state index in [0.29, 0.717) is 17.8 Å². The molecular weight excluding hydrogens is 182 g/mol. The Hall–Kier alpha value is -1.29. The Morgan fingerprint density at radius 2 is 2.36 bits per heavy atom. The summed E-state index contributed by atoms with van der Waals surface area (Å²) in [7, 11) is 1.69. The molecule has 0 aliphatic heterocycles. The lowest BCUT2D eigenvalue weighted by molar-refractivity contribution is 0.00498. The van der Waals surface area contributed by atoms with Crippen molar-refractivity contribution in [3.05, 3.63) is 24.0 Å². The van der Waals surface area contributed by atoms with Crippen molar-refractivity contribution < 1.29 is 14.6 Å². The number of rotatable bonds is 3. The molecule has 1 N–H and O–H groups in total. The van der Waals surface area contributed by atoms with Crippen LogP contribution >= 0.6 is 0 Å². The van der Waals surface area contributed by atoms with Crippen LogP contribution in [0.1, 0.15) is 29.4 Å². The number of carboxylic acid groups (broad SMARTS) is 1. The summed E-state index contributed by atoms with van der Waals surface area (Å²) in [6.45, 7) is 0. The first-order valence-electron chi connectivity index (χ1n) is 4.65. The molecule has 1 aliphatic carbocycles. The molecule has 0 saturated heterocycles. The molecule has 0 atom stereocenters. The lowest BCUT2D eigenvalue weighted by atomic mass is 9.89. The van der Waals surface area contributed by atoms with E-state index in [4.69, 9.17) is 9.84 Å². The summed E-state index contributed by atoms with van der Waals surface area (Å²) in [5, 5.41) is 8.89. The van der Waals surface area contributed by atoms with Crippen molar-refractivity contribution in [1.82, 2.24) is 4.57 Å². The van der Waals surface area contributed by atoms with Crippen molar-refractivity contribution in [2.24, 2.45) is 0 Å². The quantitative estimate of drug-likeness (QED) is 0.795. The number of hydrogen-bond donors (Lipinski definition) is 1. The molecule has 0 amide bonds. The molecule has 14 heavy (non-hydrogen) atoms. The van der Waals surface area contributed by atoms with Gasteiger partial charge in [0.25, 0.3) is 0 Å². The number of ether oxygens (including phenoxy) is 1. The van der Waals surface area contributed by atoms with Crippen molar-refractivity contribution >= 4 is 5.97 Å². The third-order valence-electron chi connectivity index (χ3n) is 2.79. The molecule has 1 aromatic heterocycles. The van der Waals surface area contributed by atoms with Gasteiger partial charge in [0.15, 0.2) is 0 Å². The SMILES string of the molecule is COC1CC(n2cccc2C(=O)O)C1. The largest absolute Gasteiger partial charge is 0.477 e. The zero-order chi connectivity index (χ0) is 10.1. The van der Waals surface area contributed by atoms with Gasteiger partial charge in [-0.15, -0.1) is 0 Å². The summed E-state index contributed by atoms with van der Waals surface area (Å²) < 4.78 is 6.97. The Balaban J connectivity index is 2.10. The normalized spacial score (nSPS) is 25.8.